The molecule has 106 valence electrons. The molecular weight excluding hydrogens is 248 g/mol. The SMILES string of the molecule is CC(C)Cc1cccc(-c2nc[nH]c(=O)c2C(C)C)c1. The minimum Gasteiger partial charge on any atom is -0.313 e. The van der Waals surface area contributed by atoms with E-state index in [9.17, 15) is 4.79 Å². The van der Waals surface area contributed by atoms with Gasteiger partial charge < -0.3 is 4.98 Å². The van der Waals surface area contributed by atoms with E-state index in [-0.39, 0.29) is 11.5 Å². The molecule has 1 heterocycles. The number of aromatic nitrogens is 2. The maximum absolute atomic E-state index is 12.0. The first-order chi connectivity index (χ1) is 9.49. The number of hydrogen-bond donors (Lipinski definition) is 1. The molecule has 0 bridgehead atoms. The van der Waals surface area contributed by atoms with Crippen LogP contribution in [-0.4, -0.2) is 9.97 Å². The molecule has 1 aromatic carbocycles. The lowest BCUT2D eigenvalue weighted by atomic mass is 9.95. The summed E-state index contributed by atoms with van der Waals surface area (Å²) < 4.78 is 0. The van der Waals surface area contributed by atoms with E-state index in [0.717, 1.165) is 23.2 Å². The van der Waals surface area contributed by atoms with Gasteiger partial charge in [-0.3, -0.25) is 4.79 Å². The number of hydrogen-bond acceptors (Lipinski definition) is 2. The predicted octanol–water partition coefficient (Wildman–Crippen LogP) is 3.76. The highest BCUT2D eigenvalue weighted by atomic mass is 16.1. The summed E-state index contributed by atoms with van der Waals surface area (Å²) in [4.78, 5) is 19.1. The van der Waals surface area contributed by atoms with Crippen LogP contribution in [-0.2, 0) is 6.42 Å². The van der Waals surface area contributed by atoms with Gasteiger partial charge in [-0.05, 0) is 29.9 Å². The van der Waals surface area contributed by atoms with E-state index in [1.807, 2.05) is 26.0 Å². The molecule has 0 aliphatic carbocycles. The van der Waals surface area contributed by atoms with Crippen LogP contribution in [0, 0.1) is 5.92 Å². The minimum atomic E-state index is -0.0423. The summed E-state index contributed by atoms with van der Waals surface area (Å²) in [5.74, 6) is 0.762. The van der Waals surface area contributed by atoms with E-state index in [1.165, 1.54) is 11.9 Å². The van der Waals surface area contributed by atoms with Crippen LogP contribution >= 0.6 is 0 Å². The van der Waals surface area contributed by atoms with Crippen molar-refractivity contribution in [2.45, 2.75) is 40.0 Å². The van der Waals surface area contributed by atoms with Crippen molar-refractivity contribution in [1.29, 1.82) is 0 Å². The molecule has 0 aliphatic heterocycles. The molecule has 2 rings (SSSR count). The number of nitrogens with one attached hydrogen (secondary N) is 1. The molecule has 0 fully saturated rings. The summed E-state index contributed by atoms with van der Waals surface area (Å²) in [5, 5.41) is 0. The summed E-state index contributed by atoms with van der Waals surface area (Å²) in [5.41, 5.74) is 3.83. The van der Waals surface area contributed by atoms with Gasteiger partial charge in [-0.2, -0.15) is 0 Å². The van der Waals surface area contributed by atoms with Crippen molar-refractivity contribution >= 4 is 0 Å². The lowest BCUT2D eigenvalue weighted by Gasteiger charge is -2.12. The van der Waals surface area contributed by atoms with E-state index in [0.29, 0.717) is 5.92 Å². The molecule has 0 saturated heterocycles. The minimum absolute atomic E-state index is 0.0423. The summed E-state index contributed by atoms with van der Waals surface area (Å²) in [6.07, 6.45) is 2.52. The van der Waals surface area contributed by atoms with Gasteiger partial charge in [0.15, 0.2) is 0 Å². The van der Waals surface area contributed by atoms with Crippen molar-refractivity contribution in [3.63, 3.8) is 0 Å². The van der Waals surface area contributed by atoms with Crippen LogP contribution < -0.4 is 5.56 Å². The zero-order valence-electron chi connectivity index (χ0n) is 12.6. The fourth-order valence-corrected chi connectivity index (χ4v) is 2.49. The van der Waals surface area contributed by atoms with Gasteiger partial charge in [0.05, 0.1) is 12.0 Å². The zero-order valence-corrected chi connectivity index (χ0v) is 12.6. The smallest absolute Gasteiger partial charge is 0.254 e. The van der Waals surface area contributed by atoms with Crippen molar-refractivity contribution in [3.05, 3.63) is 52.1 Å². The Kier molecular flexibility index (Phi) is 4.38. The fraction of sp³-hybridized carbons (Fsp3) is 0.412. The van der Waals surface area contributed by atoms with Crippen molar-refractivity contribution in [3.8, 4) is 11.3 Å². The van der Waals surface area contributed by atoms with Gasteiger partial charge in [0, 0.05) is 11.1 Å². The Morgan fingerprint density at radius 1 is 1.20 bits per heavy atom. The van der Waals surface area contributed by atoms with Crippen LogP contribution in [0.3, 0.4) is 0 Å². The second-order valence-electron chi connectivity index (χ2n) is 5.95. The topological polar surface area (TPSA) is 45.8 Å². The van der Waals surface area contributed by atoms with E-state index < -0.39 is 0 Å². The summed E-state index contributed by atoms with van der Waals surface area (Å²) in [7, 11) is 0. The molecule has 0 unspecified atom stereocenters. The van der Waals surface area contributed by atoms with Crippen LogP contribution in [0.4, 0.5) is 0 Å². The van der Waals surface area contributed by atoms with Crippen molar-refractivity contribution in [2.75, 3.05) is 0 Å². The maximum atomic E-state index is 12.0. The Bertz CT molecular complexity index is 641. The average molecular weight is 270 g/mol. The standard InChI is InChI=1S/C17H22N2O/c1-11(2)8-13-6-5-7-14(9-13)16-15(12(3)4)17(20)19-10-18-16/h5-7,9-12H,8H2,1-4H3,(H,18,19,20). The van der Waals surface area contributed by atoms with Gasteiger partial charge in [-0.25, -0.2) is 4.98 Å². The second-order valence-corrected chi connectivity index (χ2v) is 5.95. The third kappa shape index (κ3) is 3.16. The molecule has 0 saturated carbocycles. The molecule has 0 radical (unpaired) electrons. The lowest BCUT2D eigenvalue weighted by Crippen LogP contribution is -2.16. The van der Waals surface area contributed by atoms with Crippen LogP contribution in [0.2, 0.25) is 0 Å². The molecule has 20 heavy (non-hydrogen) atoms. The Morgan fingerprint density at radius 2 is 1.95 bits per heavy atom. The van der Waals surface area contributed by atoms with E-state index in [1.54, 1.807) is 0 Å². The molecule has 3 nitrogen and oxygen atoms in total. The van der Waals surface area contributed by atoms with Crippen molar-refractivity contribution in [1.82, 2.24) is 9.97 Å². The highest BCUT2D eigenvalue weighted by Gasteiger charge is 2.14. The van der Waals surface area contributed by atoms with Gasteiger partial charge in [0.2, 0.25) is 0 Å². The van der Waals surface area contributed by atoms with Crippen molar-refractivity contribution < 1.29 is 0 Å². The highest BCUT2D eigenvalue weighted by molar-refractivity contribution is 5.63. The summed E-state index contributed by atoms with van der Waals surface area (Å²) in [6, 6.07) is 8.34. The summed E-state index contributed by atoms with van der Waals surface area (Å²) >= 11 is 0. The molecule has 0 spiro atoms. The quantitative estimate of drug-likeness (QED) is 0.919. The Labute approximate surface area is 120 Å². The molecule has 0 amide bonds. The molecular formula is C17H22N2O. The lowest BCUT2D eigenvalue weighted by molar-refractivity contribution is 0.647. The van der Waals surface area contributed by atoms with E-state index in [2.05, 4.69) is 35.9 Å². The first-order valence-electron chi connectivity index (χ1n) is 7.16. The molecule has 0 aliphatic rings. The summed E-state index contributed by atoms with van der Waals surface area (Å²) in [6.45, 7) is 8.46. The van der Waals surface area contributed by atoms with Gasteiger partial charge in [0.1, 0.15) is 0 Å². The maximum Gasteiger partial charge on any atom is 0.254 e. The van der Waals surface area contributed by atoms with Crippen LogP contribution in [0.15, 0.2) is 35.4 Å². The number of aromatic amines is 1. The third-order valence-corrected chi connectivity index (χ3v) is 3.31. The van der Waals surface area contributed by atoms with Gasteiger partial charge in [0.25, 0.3) is 5.56 Å². The Hall–Kier alpha value is -1.90. The Balaban J connectivity index is 2.52. The van der Waals surface area contributed by atoms with Crippen LogP contribution in [0.5, 0.6) is 0 Å². The molecule has 3 heteroatoms. The Morgan fingerprint density at radius 3 is 2.60 bits per heavy atom. The largest absolute Gasteiger partial charge is 0.313 e. The van der Waals surface area contributed by atoms with Crippen LogP contribution in [0.1, 0.15) is 44.7 Å². The molecule has 1 aromatic heterocycles. The number of rotatable bonds is 4. The third-order valence-electron chi connectivity index (χ3n) is 3.31. The van der Waals surface area contributed by atoms with Gasteiger partial charge in [-0.15, -0.1) is 0 Å². The predicted molar refractivity (Wildman–Crippen MR) is 82.9 cm³/mol. The number of H-pyrrole nitrogens is 1. The molecule has 1 N–H and O–H groups in total. The molecule has 0 atom stereocenters. The normalized spacial score (nSPS) is 11.3. The monoisotopic (exact) mass is 270 g/mol. The average Bonchev–Trinajstić information content (AvgIpc) is 2.37. The molecule has 2 aromatic rings. The first kappa shape index (κ1) is 14.5. The number of nitrogens with zero attached hydrogens (tertiary/aromatic N) is 1. The van der Waals surface area contributed by atoms with Crippen molar-refractivity contribution in [2.24, 2.45) is 5.92 Å². The van der Waals surface area contributed by atoms with Gasteiger partial charge in [-0.1, -0.05) is 45.9 Å². The van der Waals surface area contributed by atoms with E-state index in [4.69, 9.17) is 0 Å². The fourth-order valence-electron chi connectivity index (χ4n) is 2.49. The number of benzene rings is 1. The second kappa shape index (κ2) is 6.04. The van der Waals surface area contributed by atoms with Gasteiger partial charge >= 0.3 is 0 Å². The zero-order chi connectivity index (χ0) is 14.7. The van der Waals surface area contributed by atoms with E-state index >= 15 is 0 Å². The highest BCUT2D eigenvalue weighted by Crippen LogP contribution is 2.25. The van der Waals surface area contributed by atoms with Crippen LogP contribution in [0.25, 0.3) is 11.3 Å². The first-order valence-corrected chi connectivity index (χ1v) is 7.16.